The van der Waals surface area contributed by atoms with E-state index < -0.39 is 23.9 Å². The molecule has 0 bridgehead atoms. The van der Waals surface area contributed by atoms with E-state index in [0.29, 0.717) is 5.56 Å². The summed E-state index contributed by atoms with van der Waals surface area (Å²) in [7, 11) is 0. The maximum absolute atomic E-state index is 13.1. The average Bonchev–Trinajstić information content (AvgIpc) is 2.52. The first kappa shape index (κ1) is 17.1. The number of aryl methyl sites for hydroxylation is 1. The van der Waals surface area contributed by atoms with Crippen molar-refractivity contribution < 1.29 is 19.4 Å². The van der Waals surface area contributed by atoms with Crippen LogP contribution in [0.5, 0.6) is 0 Å². The van der Waals surface area contributed by atoms with Crippen LogP contribution < -0.4 is 5.32 Å². The maximum Gasteiger partial charge on any atom is 0.223 e. The van der Waals surface area contributed by atoms with Gasteiger partial charge in [-0.05, 0) is 30.2 Å². The molecule has 4 nitrogen and oxygen atoms in total. The van der Waals surface area contributed by atoms with Gasteiger partial charge in [0, 0.05) is 6.54 Å². The minimum absolute atomic E-state index is 0.0537. The average molecular weight is 317 g/mol. The molecule has 5 heteroatoms. The van der Waals surface area contributed by atoms with Crippen molar-refractivity contribution in [2.75, 3.05) is 6.54 Å². The summed E-state index contributed by atoms with van der Waals surface area (Å²) >= 11 is 0. The molecule has 0 spiro atoms. The molecule has 2 aromatic carbocycles. The maximum atomic E-state index is 13.1. The van der Waals surface area contributed by atoms with Crippen molar-refractivity contribution in [3.8, 4) is 0 Å². The van der Waals surface area contributed by atoms with E-state index in [1.807, 2.05) is 25.1 Å². The van der Waals surface area contributed by atoms with Gasteiger partial charge in [-0.15, -0.1) is 0 Å². The van der Waals surface area contributed by atoms with Gasteiger partial charge in [-0.1, -0.05) is 42.0 Å². The molecule has 0 saturated heterocycles. The molecule has 0 aliphatic carbocycles. The Morgan fingerprint density at radius 3 is 2.39 bits per heavy atom. The number of hydrogen-bond acceptors (Lipinski definition) is 3. The van der Waals surface area contributed by atoms with Crippen molar-refractivity contribution >= 4 is 5.91 Å². The normalized spacial score (nSPS) is 13.4. The van der Waals surface area contributed by atoms with Crippen LogP contribution in [-0.2, 0) is 4.79 Å². The lowest BCUT2D eigenvalue weighted by atomic mass is 10.1. The van der Waals surface area contributed by atoms with E-state index >= 15 is 0 Å². The van der Waals surface area contributed by atoms with Gasteiger partial charge in [0.05, 0.1) is 18.6 Å². The van der Waals surface area contributed by atoms with Crippen molar-refractivity contribution in [2.24, 2.45) is 0 Å². The predicted molar refractivity (Wildman–Crippen MR) is 85.1 cm³/mol. The molecule has 0 saturated carbocycles. The third-order valence-electron chi connectivity index (χ3n) is 3.53. The van der Waals surface area contributed by atoms with Gasteiger partial charge in [0.1, 0.15) is 5.82 Å². The largest absolute Gasteiger partial charge is 0.388 e. The van der Waals surface area contributed by atoms with Crippen LogP contribution in [0.3, 0.4) is 0 Å². The zero-order valence-corrected chi connectivity index (χ0v) is 12.9. The molecule has 0 aliphatic heterocycles. The number of rotatable bonds is 6. The highest BCUT2D eigenvalue weighted by atomic mass is 19.1. The lowest BCUT2D eigenvalue weighted by molar-refractivity contribution is -0.123. The van der Waals surface area contributed by atoms with Crippen LogP contribution in [0.1, 0.15) is 35.3 Å². The number of halogens is 1. The number of amides is 1. The van der Waals surface area contributed by atoms with Crippen LogP contribution in [0.25, 0.3) is 0 Å². The molecule has 23 heavy (non-hydrogen) atoms. The van der Waals surface area contributed by atoms with Crippen molar-refractivity contribution in [3.05, 3.63) is 71.0 Å². The monoisotopic (exact) mass is 317 g/mol. The highest BCUT2D eigenvalue weighted by Crippen LogP contribution is 2.18. The number of nitrogens with one attached hydrogen (secondary N) is 1. The smallest absolute Gasteiger partial charge is 0.223 e. The Bertz CT molecular complexity index is 675. The summed E-state index contributed by atoms with van der Waals surface area (Å²) in [4.78, 5) is 11.8. The van der Waals surface area contributed by atoms with Crippen LogP contribution in [0, 0.1) is 12.7 Å². The summed E-state index contributed by atoms with van der Waals surface area (Å²) in [6.45, 7) is 1.97. The van der Waals surface area contributed by atoms with Crippen molar-refractivity contribution in [2.45, 2.75) is 25.6 Å². The van der Waals surface area contributed by atoms with Gasteiger partial charge in [-0.3, -0.25) is 4.79 Å². The van der Waals surface area contributed by atoms with Crippen LogP contribution in [0.2, 0.25) is 0 Å². The topological polar surface area (TPSA) is 69.6 Å². The molecule has 2 unspecified atom stereocenters. The molecule has 3 N–H and O–H groups in total. The summed E-state index contributed by atoms with van der Waals surface area (Å²) in [5, 5.41) is 22.6. The first-order valence-corrected chi connectivity index (χ1v) is 7.40. The zero-order chi connectivity index (χ0) is 16.8. The molecule has 2 aromatic rings. The molecule has 0 radical (unpaired) electrons. The Labute approximate surface area is 134 Å². The highest BCUT2D eigenvalue weighted by Gasteiger charge is 2.15. The molecule has 1 amide bonds. The minimum Gasteiger partial charge on any atom is -0.388 e. The molecule has 0 aliphatic rings. The lowest BCUT2D eigenvalue weighted by Crippen LogP contribution is -2.29. The third-order valence-corrected chi connectivity index (χ3v) is 3.53. The Morgan fingerprint density at radius 2 is 1.74 bits per heavy atom. The molecule has 0 fully saturated rings. The van der Waals surface area contributed by atoms with Gasteiger partial charge < -0.3 is 15.5 Å². The van der Waals surface area contributed by atoms with E-state index in [1.165, 1.54) is 18.2 Å². The Kier molecular flexibility index (Phi) is 5.84. The zero-order valence-electron chi connectivity index (χ0n) is 12.9. The first-order valence-electron chi connectivity index (χ1n) is 7.40. The highest BCUT2D eigenvalue weighted by molar-refractivity contribution is 5.76. The third kappa shape index (κ3) is 5.16. The van der Waals surface area contributed by atoms with Crippen LogP contribution in [0.15, 0.2) is 48.5 Å². The fourth-order valence-corrected chi connectivity index (χ4v) is 2.29. The van der Waals surface area contributed by atoms with Gasteiger partial charge in [-0.25, -0.2) is 4.39 Å². The Morgan fingerprint density at radius 1 is 1.09 bits per heavy atom. The summed E-state index contributed by atoms with van der Waals surface area (Å²) in [6.07, 6.45) is -2.09. The molecule has 2 rings (SSSR count). The second kappa shape index (κ2) is 7.85. The van der Waals surface area contributed by atoms with E-state index in [0.717, 1.165) is 11.1 Å². The van der Waals surface area contributed by atoms with Crippen molar-refractivity contribution in [1.29, 1.82) is 0 Å². The molecule has 0 aromatic heterocycles. The van der Waals surface area contributed by atoms with Crippen molar-refractivity contribution in [1.82, 2.24) is 5.32 Å². The summed E-state index contributed by atoms with van der Waals surface area (Å²) in [6, 6.07) is 12.9. The van der Waals surface area contributed by atoms with E-state index in [9.17, 15) is 19.4 Å². The lowest BCUT2D eigenvalue weighted by Gasteiger charge is -2.15. The van der Waals surface area contributed by atoms with Gasteiger partial charge in [0.2, 0.25) is 5.91 Å². The SMILES string of the molecule is Cc1cccc(C(O)CNC(=O)CC(O)c2cccc(F)c2)c1. The standard InChI is InChI=1S/C18H20FNO3/c1-12-4-2-5-13(8-12)17(22)11-20-18(23)10-16(21)14-6-3-7-15(19)9-14/h2-9,16-17,21-22H,10-11H2,1H3,(H,20,23). The van der Waals surface area contributed by atoms with Gasteiger partial charge >= 0.3 is 0 Å². The summed E-state index contributed by atoms with van der Waals surface area (Å²) < 4.78 is 13.1. The van der Waals surface area contributed by atoms with Crippen LogP contribution >= 0.6 is 0 Å². The number of carbonyl (C=O) groups excluding carboxylic acids is 1. The number of aliphatic hydroxyl groups is 2. The van der Waals surface area contributed by atoms with Gasteiger partial charge in [0.25, 0.3) is 0 Å². The molecular weight excluding hydrogens is 297 g/mol. The quantitative estimate of drug-likeness (QED) is 0.766. The molecule has 0 heterocycles. The fourth-order valence-electron chi connectivity index (χ4n) is 2.29. The van der Waals surface area contributed by atoms with Crippen LogP contribution in [-0.4, -0.2) is 22.7 Å². The fraction of sp³-hybridized carbons (Fsp3) is 0.278. The van der Waals surface area contributed by atoms with E-state index in [-0.39, 0.29) is 13.0 Å². The van der Waals surface area contributed by atoms with Crippen LogP contribution in [0.4, 0.5) is 4.39 Å². The van der Waals surface area contributed by atoms with E-state index in [4.69, 9.17) is 0 Å². The number of hydrogen-bond donors (Lipinski definition) is 3. The van der Waals surface area contributed by atoms with Gasteiger partial charge in [-0.2, -0.15) is 0 Å². The number of aliphatic hydroxyl groups excluding tert-OH is 2. The second-order valence-corrected chi connectivity index (χ2v) is 5.51. The molecule has 122 valence electrons. The number of carbonyl (C=O) groups is 1. The van der Waals surface area contributed by atoms with Gasteiger partial charge in [0.15, 0.2) is 0 Å². The summed E-state index contributed by atoms with van der Waals surface area (Å²) in [5.74, 6) is -0.870. The Balaban J connectivity index is 1.85. The first-order chi connectivity index (χ1) is 11.0. The summed E-state index contributed by atoms with van der Waals surface area (Å²) in [5.41, 5.74) is 2.09. The predicted octanol–water partition coefficient (Wildman–Crippen LogP) is 2.41. The van der Waals surface area contributed by atoms with E-state index in [2.05, 4.69) is 5.32 Å². The molecule has 2 atom stereocenters. The Hall–Kier alpha value is -2.24. The molecular formula is C18H20FNO3. The number of benzene rings is 2. The van der Waals surface area contributed by atoms with E-state index in [1.54, 1.807) is 12.1 Å². The second-order valence-electron chi connectivity index (χ2n) is 5.51. The van der Waals surface area contributed by atoms with Crippen molar-refractivity contribution in [3.63, 3.8) is 0 Å². The minimum atomic E-state index is -1.08.